The third-order valence-corrected chi connectivity index (χ3v) is 2.83. The molecule has 62 valence electrons. The van der Waals surface area contributed by atoms with Gasteiger partial charge in [-0.1, -0.05) is 13.8 Å². The summed E-state index contributed by atoms with van der Waals surface area (Å²) in [4.78, 5) is 0. The molecule has 2 aliphatic rings. The van der Waals surface area contributed by atoms with Crippen LogP contribution in [0.15, 0.2) is 5.11 Å². The second-order valence-corrected chi connectivity index (χ2v) is 4.18. The molecule has 1 atom stereocenters. The van der Waals surface area contributed by atoms with Crippen LogP contribution in [0.1, 0.15) is 26.7 Å². The Morgan fingerprint density at radius 2 is 2.09 bits per heavy atom. The lowest BCUT2D eigenvalue weighted by molar-refractivity contribution is -0.597. The third-order valence-electron chi connectivity index (χ3n) is 2.83. The molecule has 2 rings (SSSR count). The van der Waals surface area contributed by atoms with Gasteiger partial charge in [-0.15, -0.1) is 4.70 Å². The van der Waals surface area contributed by atoms with E-state index in [0.29, 0.717) is 0 Å². The van der Waals surface area contributed by atoms with E-state index in [-0.39, 0.29) is 0 Å². The van der Waals surface area contributed by atoms with E-state index in [2.05, 4.69) is 23.7 Å². The fraction of sp³-hybridized carbons (Fsp3) is 1.00. The molecule has 0 spiro atoms. The molecule has 1 aliphatic carbocycles. The van der Waals surface area contributed by atoms with Crippen molar-refractivity contribution in [1.29, 1.82) is 0 Å². The lowest BCUT2D eigenvalue weighted by atomic mass is 9.97. The predicted molar refractivity (Wildman–Crippen MR) is 43.8 cm³/mol. The van der Waals surface area contributed by atoms with E-state index in [1.165, 1.54) is 19.4 Å². The third kappa shape index (κ3) is 1.44. The molecule has 0 amide bonds. The Kier molecular flexibility index (Phi) is 1.70. The molecule has 0 bridgehead atoms. The standard InChI is InChI=1S/C9H17N2/c1-7(2)8-5-10-11(6-8)9-3-4-9/h7-9H,3-6H2,1-2H3/q+1. The summed E-state index contributed by atoms with van der Waals surface area (Å²) in [5, 5.41) is 4.53. The fourth-order valence-electron chi connectivity index (χ4n) is 1.62. The van der Waals surface area contributed by atoms with Crippen LogP contribution < -0.4 is 0 Å². The van der Waals surface area contributed by atoms with Gasteiger partial charge in [0.25, 0.3) is 0 Å². The normalized spacial score (nSPS) is 31.2. The van der Waals surface area contributed by atoms with Crippen molar-refractivity contribution in [2.24, 2.45) is 17.0 Å². The quantitative estimate of drug-likeness (QED) is 0.538. The molecule has 2 nitrogen and oxygen atoms in total. The van der Waals surface area contributed by atoms with Gasteiger partial charge in [0.15, 0.2) is 12.6 Å². The van der Waals surface area contributed by atoms with Crippen LogP contribution in [0.3, 0.4) is 0 Å². The smallest absolute Gasteiger partial charge is 0.124 e. The van der Waals surface area contributed by atoms with E-state index in [9.17, 15) is 0 Å². The van der Waals surface area contributed by atoms with Crippen LogP contribution in [0.25, 0.3) is 0 Å². The summed E-state index contributed by atoms with van der Waals surface area (Å²) in [5.41, 5.74) is 0. The Hall–Kier alpha value is -0.400. The Labute approximate surface area is 68.3 Å². The Morgan fingerprint density at radius 1 is 1.36 bits per heavy atom. The van der Waals surface area contributed by atoms with E-state index in [1.807, 2.05) is 0 Å². The molecule has 1 aliphatic heterocycles. The maximum absolute atomic E-state index is 4.53. The number of nitrogens with zero attached hydrogens (tertiary/aromatic N) is 2. The van der Waals surface area contributed by atoms with E-state index in [1.54, 1.807) is 0 Å². The van der Waals surface area contributed by atoms with Crippen molar-refractivity contribution in [1.82, 2.24) is 0 Å². The molecule has 1 heterocycles. The van der Waals surface area contributed by atoms with Crippen molar-refractivity contribution in [3.63, 3.8) is 0 Å². The zero-order valence-corrected chi connectivity index (χ0v) is 7.45. The molecule has 11 heavy (non-hydrogen) atoms. The van der Waals surface area contributed by atoms with Gasteiger partial charge in [0.1, 0.15) is 6.54 Å². The molecule has 0 N–H and O–H groups in total. The first-order chi connectivity index (χ1) is 5.27. The van der Waals surface area contributed by atoms with Gasteiger partial charge in [0, 0.05) is 18.8 Å². The molecule has 1 unspecified atom stereocenters. The maximum atomic E-state index is 4.53. The summed E-state index contributed by atoms with van der Waals surface area (Å²) in [6.45, 7) is 6.91. The summed E-state index contributed by atoms with van der Waals surface area (Å²) in [7, 11) is 0. The van der Waals surface area contributed by atoms with Crippen molar-refractivity contribution in [2.45, 2.75) is 32.7 Å². The first-order valence-electron chi connectivity index (χ1n) is 4.71. The summed E-state index contributed by atoms with van der Waals surface area (Å²) in [6.07, 6.45) is 2.77. The molecule has 0 saturated heterocycles. The first-order valence-corrected chi connectivity index (χ1v) is 4.71. The molecule has 0 radical (unpaired) electrons. The number of azo groups is 2. The molecule has 0 aromatic rings. The molecular formula is C9H17N2+. The summed E-state index contributed by atoms with van der Waals surface area (Å²) in [5.74, 6) is 1.64. The molecule has 1 fully saturated rings. The van der Waals surface area contributed by atoms with Gasteiger partial charge < -0.3 is 0 Å². The van der Waals surface area contributed by atoms with Crippen LogP contribution >= 0.6 is 0 Å². The highest BCUT2D eigenvalue weighted by Crippen LogP contribution is 2.28. The van der Waals surface area contributed by atoms with Gasteiger partial charge in [0.05, 0.1) is 0 Å². The van der Waals surface area contributed by atoms with Gasteiger partial charge in [0.2, 0.25) is 0 Å². The van der Waals surface area contributed by atoms with Gasteiger partial charge in [-0.2, -0.15) is 0 Å². The molecule has 0 aromatic carbocycles. The zero-order valence-electron chi connectivity index (χ0n) is 7.45. The first kappa shape index (κ1) is 7.26. The average Bonchev–Trinajstić information content (AvgIpc) is 2.68. The van der Waals surface area contributed by atoms with Crippen molar-refractivity contribution >= 4 is 0 Å². The van der Waals surface area contributed by atoms with Crippen molar-refractivity contribution in [3.8, 4) is 0 Å². The van der Waals surface area contributed by atoms with E-state index >= 15 is 0 Å². The van der Waals surface area contributed by atoms with Gasteiger partial charge in [-0.3, -0.25) is 0 Å². The Bertz CT molecular complexity index is 180. The van der Waals surface area contributed by atoms with E-state index in [4.69, 9.17) is 0 Å². The summed E-state index contributed by atoms with van der Waals surface area (Å²) < 4.78 is 2.32. The second kappa shape index (κ2) is 2.58. The SMILES string of the molecule is CC(C)C1CN=[N+](C2CC2)C1. The highest BCUT2D eigenvalue weighted by Gasteiger charge is 2.40. The predicted octanol–water partition coefficient (Wildman–Crippen LogP) is 1.90. The number of rotatable bonds is 2. The summed E-state index contributed by atoms with van der Waals surface area (Å²) in [6, 6.07) is 0.832. The van der Waals surface area contributed by atoms with Crippen LogP contribution in [0.5, 0.6) is 0 Å². The lowest BCUT2D eigenvalue weighted by Gasteiger charge is -2.07. The largest absolute Gasteiger partial charge is 0.178 e. The van der Waals surface area contributed by atoms with Crippen LogP contribution in [0, 0.1) is 11.8 Å². The molecule has 2 heteroatoms. The van der Waals surface area contributed by atoms with Crippen LogP contribution in [0.4, 0.5) is 0 Å². The highest BCUT2D eigenvalue weighted by molar-refractivity contribution is 4.74. The van der Waals surface area contributed by atoms with Gasteiger partial charge in [-0.05, 0) is 11.0 Å². The molecule has 1 saturated carbocycles. The monoisotopic (exact) mass is 153 g/mol. The Balaban J connectivity index is 1.89. The van der Waals surface area contributed by atoms with Crippen LogP contribution in [0.2, 0.25) is 0 Å². The fourth-order valence-corrected chi connectivity index (χ4v) is 1.62. The molecule has 0 aromatic heterocycles. The van der Waals surface area contributed by atoms with Gasteiger partial charge >= 0.3 is 0 Å². The topological polar surface area (TPSA) is 15.4 Å². The molecular weight excluding hydrogens is 136 g/mol. The van der Waals surface area contributed by atoms with Crippen LogP contribution in [-0.4, -0.2) is 23.8 Å². The lowest BCUT2D eigenvalue weighted by Crippen LogP contribution is -2.18. The summed E-state index contributed by atoms with van der Waals surface area (Å²) >= 11 is 0. The zero-order chi connectivity index (χ0) is 7.84. The minimum atomic E-state index is 0.808. The minimum Gasteiger partial charge on any atom is -0.124 e. The highest BCUT2D eigenvalue weighted by atomic mass is 15.3. The average molecular weight is 153 g/mol. The Morgan fingerprint density at radius 3 is 2.55 bits per heavy atom. The van der Waals surface area contributed by atoms with Crippen molar-refractivity contribution < 1.29 is 4.70 Å². The van der Waals surface area contributed by atoms with Crippen molar-refractivity contribution in [3.05, 3.63) is 0 Å². The number of hydrogen-bond acceptors (Lipinski definition) is 1. The maximum Gasteiger partial charge on any atom is 0.178 e. The minimum absolute atomic E-state index is 0.808. The van der Waals surface area contributed by atoms with E-state index in [0.717, 1.165) is 24.4 Å². The van der Waals surface area contributed by atoms with Crippen LogP contribution in [-0.2, 0) is 0 Å². The van der Waals surface area contributed by atoms with E-state index < -0.39 is 0 Å². The van der Waals surface area contributed by atoms with Gasteiger partial charge in [-0.25, -0.2) is 0 Å². The number of hydrogen-bond donors (Lipinski definition) is 0. The van der Waals surface area contributed by atoms with Crippen molar-refractivity contribution in [2.75, 3.05) is 13.1 Å². The second-order valence-electron chi connectivity index (χ2n) is 4.18.